The Morgan fingerprint density at radius 1 is 1.12 bits per heavy atom. The van der Waals surface area contributed by atoms with Gasteiger partial charge in [-0.15, -0.1) is 0 Å². The number of halogens is 1. The number of ether oxygens (including phenoxy) is 1. The number of nitrogens with one attached hydrogen (secondary N) is 1. The first-order valence-electron chi connectivity index (χ1n) is 7.99. The molecule has 26 heavy (non-hydrogen) atoms. The molecular formula is C20H15ClN2O3. The summed E-state index contributed by atoms with van der Waals surface area (Å²) in [4.78, 5) is 17.1. The summed E-state index contributed by atoms with van der Waals surface area (Å²) in [5.41, 5.74) is 2.84. The summed E-state index contributed by atoms with van der Waals surface area (Å²) >= 11 is 6.00. The Kier molecular flexibility index (Phi) is 4.01. The van der Waals surface area contributed by atoms with Gasteiger partial charge in [0.1, 0.15) is 5.75 Å². The smallest absolute Gasteiger partial charge is 0.291 e. The van der Waals surface area contributed by atoms with Crippen LogP contribution in [0.2, 0.25) is 5.02 Å². The number of anilines is 1. The van der Waals surface area contributed by atoms with Crippen molar-refractivity contribution >= 4 is 45.2 Å². The third kappa shape index (κ3) is 2.97. The molecule has 2 heterocycles. The van der Waals surface area contributed by atoms with Gasteiger partial charge in [-0.25, -0.2) is 4.98 Å². The Bertz CT molecular complexity index is 1150. The number of aryl methyl sites for hydroxylation is 1. The molecule has 0 aliphatic rings. The molecule has 130 valence electrons. The second kappa shape index (κ2) is 6.35. The number of fused-ring (bicyclic) bond motifs is 2. The molecule has 6 heteroatoms. The van der Waals surface area contributed by atoms with E-state index in [1.165, 1.54) is 7.11 Å². The molecule has 0 radical (unpaired) electrons. The van der Waals surface area contributed by atoms with Gasteiger partial charge in [0.05, 0.1) is 18.3 Å². The molecule has 1 amide bonds. The van der Waals surface area contributed by atoms with Gasteiger partial charge in [-0.2, -0.15) is 0 Å². The second-order valence-corrected chi connectivity index (χ2v) is 6.42. The van der Waals surface area contributed by atoms with Crippen molar-refractivity contribution in [3.05, 3.63) is 64.9 Å². The quantitative estimate of drug-likeness (QED) is 0.541. The van der Waals surface area contributed by atoms with Crippen LogP contribution in [0.4, 0.5) is 5.69 Å². The maximum absolute atomic E-state index is 12.6. The van der Waals surface area contributed by atoms with E-state index < -0.39 is 5.91 Å². The lowest BCUT2D eigenvalue weighted by atomic mass is 10.1. The minimum absolute atomic E-state index is 0.168. The highest BCUT2D eigenvalue weighted by atomic mass is 35.5. The molecule has 2 aromatic heterocycles. The first kappa shape index (κ1) is 16.4. The van der Waals surface area contributed by atoms with Gasteiger partial charge in [-0.05, 0) is 48.9 Å². The third-order valence-corrected chi connectivity index (χ3v) is 4.33. The highest BCUT2D eigenvalue weighted by molar-refractivity contribution is 6.31. The molecular weight excluding hydrogens is 352 g/mol. The topological polar surface area (TPSA) is 64.4 Å². The van der Waals surface area contributed by atoms with Crippen molar-refractivity contribution in [1.82, 2.24) is 4.98 Å². The number of hydrogen-bond acceptors (Lipinski definition) is 4. The molecule has 0 fully saturated rings. The van der Waals surface area contributed by atoms with E-state index in [1.807, 2.05) is 31.2 Å². The summed E-state index contributed by atoms with van der Waals surface area (Å²) in [5, 5.41) is 5.02. The van der Waals surface area contributed by atoms with E-state index in [-0.39, 0.29) is 5.76 Å². The molecule has 1 N–H and O–H groups in total. The number of carbonyl (C=O) groups is 1. The number of pyridine rings is 1. The van der Waals surface area contributed by atoms with Crippen molar-refractivity contribution in [2.24, 2.45) is 0 Å². The lowest BCUT2D eigenvalue weighted by molar-refractivity contribution is 0.0998. The molecule has 0 spiro atoms. The van der Waals surface area contributed by atoms with Crippen molar-refractivity contribution in [2.75, 3.05) is 12.4 Å². The van der Waals surface area contributed by atoms with Crippen molar-refractivity contribution in [3.63, 3.8) is 0 Å². The first-order chi connectivity index (χ1) is 12.5. The van der Waals surface area contributed by atoms with Crippen molar-refractivity contribution in [3.8, 4) is 5.75 Å². The molecule has 0 unspecified atom stereocenters. The zero-order valence-electron chi connectivity index (χ0n) is 14.2. The number of methoxy groups -OCH3 is 1. The summed E-state index contributed by atoms with van der Waals surface area (Å²) < 4.78 is 10.9. The number of rotatable bonds is 3. The zero-order chi connectivity index (χ0) is 18.3. The predicted molar refractivity (Wildman–Crippen MR) is 102 cm³/mol. The van der Waals surface area contributed by atoms with Gasteiger partial charge in [0.2, 0.25) is 5.71 Å². The monoisotopic (exact) mass is 366 g/mol. The van der Waals surface area contributed by atoms with Gasteiger partial charge in [0.15, 0.2) is 5.76 Å². The number of aromatic nitrogens is 1. The highest BCUT2D eigenvalue weighted by Gasteiger charge is 2.16. The lowest BCUT2D eigenvalue weighted by Crippen LogP contribution is -2.11. The fourth-order valence-electron chi connectivity index (χ4n) is 2.81. The number of amides is 1. The second-order valence-electron chi connectivity index (χ2n) is 5.99. The van der Waals surface area contributed by atoms with Crippen LogP contribution in [0.3, 0.4) is 0 Å². The Hall–Kier alpha value is -3.05. The molecule has 5 nitrogen and oxygen atoms in total. The van der Waals surface area contributed by atoms with Crippen LogP contribution >= 0.6 is 11.6 Å². The largest absolute Gasteiger partial charge is 0.495 e. The molecule has 0 aliphatic carbocycles. The normalized spacial score (nSPS) is 11.0. The molecule has 4 aromatic rings. The number of nitrogens with zero attached hydrogens (tertiary/aromatic N) is 1. The van der Waals surface area contributed by atoms with E-state index in [1.54, 1.807) is 24.3 Å². The average Bonchev–Trinajstić information content (AvgIpc) is 3.03. The van der Waals surface area contributed by atoms with Crippen molar-refractivity contribution in [2.45, 2.75) is 6.92 Å². The zero-order valence-corrected chi connectivity index (χ0v) is 14.9. The van der Waals surface area contributed by atoms with E-state index in [4.69, 9.17) is 20.8 Å². The molecule has 0 aliphatic heterocycles. The molecule has 0 saturated heterocycles. The first-order valence-corrected chi connectivity index (χ1v) is 8.37. The maximum Gasteiger partial charge on any atom is 0.291 e. The minimum Gasteiger partial charge on any atom is -0.495 e. The lowest BCUT2D eigenvalue weighted by Gasteiger charge is -2.09. The average molecular weight is 367 g/mol. The number of benzene rings is 2. The van der Waals surface area contributed by atoms with Crippen LogP contribution in [-0.2, 0) is 0 Å². The summed E-state index contributed by atoms with van der Waals surface area (Å²) in [6.07, 6.45) is 0. The Morgan fingerprint density at radius 2 is 1.96 bits per heavy atom. The predicted octanol–water partition coefficient (Wildman–Crippen LogP) is 5.20. The van der Waals surface area contributed by atoms with E-state index in [9.17, 15) is 4.79 Å². The van der Waals surface area contributed by atoms with E-state index in [2.05, 4.69) is 10.3 Å². The van der Waals surface area contributed by atoms with Crippen LogP contribution in [0.15, 0.2) is 52.9 Å². The van der Waals surface area contributed by atoms with Gasteiger partial charge in [-0.1, -0.05) is 23.7 Å². The number of hydrogen-bond donors (Lipinski definition) is 1. The fraction of sp³-hybridized carbons (Fsp3) is 0.100. The Morgan fingerprint density at radius 3 is 2.77 bits per heavy atom. The number of carbonyl (C=O) groups excluding carboxylic acids is 1. The van der Waals surface area contributed by atoms with Gasteiger partial charge >= 0.3 is 0 Å². The Labute approximate surface area is 154 Å². The van der Waals surface area contributed by atoms with Gasteiger partial charge in [-0.3, -0.25) is 4.79 Å². The summed E-state index contributed by atoms with van der Waals surface area (Å²) in [5.74, 6) is 0.281. The van der Waals surface area contributed by atoms with E-state index >= 15 is 0 Å². The molecule has 0 atom stereocenters. The minimum atomic E-state index is -0.399. The van der Waals surface area contributed by atoms with Crippen LogP contribution in [-0.4, -0.2) is 18.0 Å². The summed E-state index contributed by atoms with van der Waals surface area (Å²) in [6, 6.07) is 14.6. The van der Waals surface area contributed by atoms with E-state index in [0.717, 1.165) is 21.9 Å². The molecule has 2 aromatic carbocycles. The maximum atomic E-state index is 12.6. The molecule has 4 rings (SSSR count). The highest BCUT2D eigenvalue weighted by Crippen LogP contribution is 2.29. The third-order valence-electron chi connectivity index (χ3n) is 4.09. The standard InChI is InChI=1S/C20H15ClN2O3/c1-11-3-4-12-8-13-9-18(26-20(13)23-15(12)7-11)19(24)22-16-10-14(21)5-6-17(16)25-2/h3-10H,1-2H3,(H,22,24). The van der Waals surface area contributed by atoms with Crippen molar-refractivity contribution in [1.29, 1.82) is 0 Å². The van der Waals surface area contributed by atoms with Gasteiger partial charge in [0.25, 0.3) is 5.91 Å². The molecule has 0 bridgehead atoms. The molecule has 0 saturated carbocycles. The summed E-state index contributed by atoms with van der Waals surface area (Å²) in [6.45, 7) is 2.00. The fourth-order valence-corrected chi connectivity index (χ4v) is 2.98. The van der Waals surface area contributed by atoms with Gasteiger partial charge < -0.3 is 14.5 Å². The van der Waals surface area contributed by atoms with Crippen molar-refractivity contribution < 1.29 is 13.9 Å². The number of furan rings is 1. The Balaban J connectivity index is 1.71. The van der Waals surface area contributed by atoms with Crippen LogP contribution in [0.25, 0.3) is 22.0 Å². The van der Waals surface area contributed by atoms with E-state index in [0.29, 0.717) is 22.2 Å². The van der Waals surface area contributed by atoms with Crippen LogP contribution < -0.4 is 10.1 Å². The van der Waals surface area contributed by atoms with Crippen LogP contribution in [0.5, 0.6) is 5.75 Å². The van der Waals surface area contributed by atoms with Crippen LogP contribution in [0, 0.1) is 6.92 Å². The SMILES string of the molecule is COc1ccc(Cl)cc1NC(=O)c1cc2cc3ccc(C)cc3nc2o1. The summed E-state index contributed by atoms with van der Waals surface area (Å²) in [7, 11) is 1.53. The van der Waals surface area contributed by atoms with Crippen LogP contribution in [0.1, 0.15) is 16.1 Å². The van der Waals surface area contributed by atoms with Gasteiger partial charge in [0, 0.05) is 15.8 Å².